The molecule has 4 aromatic heterocycles. The fourth-order valence-corrected chi connectivity index (χ4v) is 4.18. The highest BCUT2D eigenvalue weighted by Gasteiger charge is 2.15. The number of hydrogen-bond acceptors (Lipinski definition) is 7. The first kappa shape index (κ1) is 15.8. The Bertz CT molecular complexity index is 1070. The number of aryl methyl sites for hydroxylation is 1. The third-order valence-corrected chi connectivity index (χ3v) is 5.50. The fraction of sp³-hybridized carbons (Fsp3) is 0.0625. The molecular weight excluding hydrogens is 358 g/mol. The molecule has 0 saturated heterocycles. The van der Waals surface area contributed by atoms with Crippen molar-refractivity contribution >= 4 is 44.4 Å². The van der Waals surface area contributed by atoms with E-state index in [1.165, 1.54) is 22.7 Å². The number of hydrogen-bond donors (Lipinski definition) is 3. The molecule has 126 valence electrons. The van der Waals surface area contributed by atoms with E-state index in [2.05, 4.69) is 15.3 Å². The van der Waals surface area contributed by atoms with Crippen molar-refractivity contribution in [2.45, 2.75) is 6.92 Å². The van der Waals surface area contributed by atoms with Crippen molar-refractivity contribution in [3.05, 3.63) is 52.5 Å². The Morgan fingerprint density at radius 1 is 1.24 bits per heavy atom. The van der Waals surface area contributed by atoms with Crippen molar-refractivity contribution < 1.29 is 10.0 Å². The number of imidazole rings is 1. The van der Waals surface area contributed by atoms with Gasteiger partial charge in [-0.1, -0.05) is 6.07 Å². The lowest BCUT2D eigenvalue weighted by molar-refractivity contribution is 0.0711. The van der Waals surface area contributed by atoms with Gasteiger partial charge < -0.3 is 5.32 Å². The van der Waals surface area contributed by atoms with Gasteiger partial charge in [0.25, 0.3) is 5.91 Å². The van der Waals surface area contributed by atoms with E-state index in [-0.39, 0.29) is 0 Å². The first-order valence-electron chi connectivity index (χ1n) is 7.37. The maximum atomic E-state index is 11.4. The summed E-state index contributed by atoms with van der Waals surface area (Å²) in [6.45, 7) is 2.01. The first-order valence-corrected chi connectivity index (χ1v) is 9.00. The summed E-state index contributed by atoms with van der Waals surface area (Å²) in [5.41, 5.74) is 4.31. The number of nitrogens with one attached hydrogen (secondary N) is 2. The Morgan fingerprint density at radius 2 is 2.12 bits per heavy atom. The summed E-state index contributed by atoms with van der Waals surface area (Å²) in [5.74, 6) is -0.528. The molecule has 0 bridgehead atoms. The second-order valence-corrected chi connectivity index (χ2v) is 7.51. The summed E-state index contributed by atoms with van der Waals surface area (Å²) in [5, 5.41) is 13.4. The standard InChI is InChI=1S/C16H13N5O2S2/c1-9-14(10-8-17-12-4-2-3-7-21(10)12)19-16(24-9)18-13-6-5-11(25-13)15(22)20-23/h2-8,23H,1H3,(H,18,19)(H,20,22). The minimum Gasteiger partial charge on any atom is -0.323 e. The number of aromatic nitrogens is 3. The lowest BCUT2D eigenvalue weighted by atomic mass is 10.3. The van der Waals surface area contributed by atoms with Gasteiger partial charge in [-0.2, -0.15) is 0 Å². The van der Waals surface area contributed by atoms with Crippen LogP contribution >= 0.6 is 22.7 Å². The molecular formula is C16H13N5O2S2. The van der Waals surface area contributed by atoms with Crippen LogP contribution in [0.25, 0.3) is 17.0 Å². The fourth-order valence-electron chi connectivity index (χ4n) is 2.48. The number of carbonyl (C=O) groups is 1. The van der Waals surface area contributed by atoms with Crippen molar-refractivity contribution in [3.8, 4) is 11.4 Å². The second-order valence-electron chi connectivity index (χ2n) is 5.23. The van der Waals surface area contributed by atoms with Gasteiger partial charge in [-0.3, -0.25) is 14.4 Å². The van der Waals surface area contributed by atoms with Crippen LogP contribution in [0.3, 0.4) is 0 Å². The van der Waals surface area contributed by atoms with Gasteiger partial charge in [-0.15, -0.1) is 22.7 Å². The summed E-state index contributed by atoms with van der Waals surface area (Å²) < 4.78 is 2.00. The van der Waals surface area contributed by atoms with Crippen LogP contribution in [0.15, 0.2) is 42.7 Å². The number of pyridine rings is 1. The quantitative estimate of drug-likeness (QED) is 0.376. The Hall–Kier alpha value is -2.75. The smallest absolute Gasteiger partial charge is 0.284 e. The zero-order valence-electron chi connectivity index (χ0n) is 13.1. The number of hydroxylamine groups is 1. The predicted molar refractivity (Wildman–Crippen MR) is 97.9 cm³/mol. The molecule has 0 radical (unpaired) electrons. The van der Waals surface area contributed by atoms with Crippen LogP contribution in [-0.4, -0.2) is 25.5 Å². The highest BCUT2D eigenvalue weighted by atomic mass is 32.1. The average Bonchev–Trinajstić information content (AvgIpc) is 3.33. The molecule has 25 heavy (non-hydrogen) atoms. The molecule has 0 unspecified atom stereocenters. The van der Waals surface area contributed by atoms with Gasteiger partial charge in [0, 0.05) is 11.1 Å². The molecule has 7 nitrogen and oxygen atoms in total. The average molecular weight is 371 g/mol. The highest BCUT2D eigenvalue weighted by Crippen LogP contribution is 2.34. The third-order valence-electron chi connectivity index (χ3n) is 3.62. The first-order chi connectivity index (χ1) is 12.2. The van der Waals surface area contributed by atoms with Crippen LogP contribution in [0, 0.1) is 6.92 Å². The maximum absolute atomic E-state index is 11.4. The van der Waals surface area contributed by atoms with Gasteiger partial charge in [0.1, 0.15) is 11.3 Å². The van der Waals surface area contributed by atoms with Gasteiger partial charge in [0.2, 0.25) is 0 Å². The summed E-state index contributed by atoms with van der Waals surface area (Å²) >= 11 is 2.77. The highest BCUT2D eigenvalue weighted by molar-refractivity contribution is 7.19. The zero-order valence-corrected chi connectivity index (χ0v) is 14.7. The largest absolute Gasteiger partial charge is 0.323 e. The molecule has 0 aliphatic carbocycles. The SMILES string of the molecule is Cc1sc(Nc2ccc(C(=O)NO)s2)nc1-c1cnc2ccccn12. The lowest BCUT2D eigenvalue weighted by Crippen LogP contribution is -2.16. The van der Waals surface area contributed by atoms with E-state index >= 15 is 0 Å². The van der Waals surface area contributed by atoms with Crippen LogP contribution in [0.5, 0.6) is 0 Å². The van der Waals surface area contributed by atoms with Crippen molar-refractivity contribution in [2.75, 3.05) is 5.32 Å². The van der Waals surface area contributed by atoms with Gasteiger partial charge in [-0.25, -0.2) is 15.4 Å². The zero-order chi connectivity index (χ0) is 17.4. The van der Waals surface area contributed by atoms with E-state index in [9.17, 15) is 4.79 Å². The Balaban J connectivity index is 1.64. The molecule has 3 N–H and O–H groups in total. The number of thiophene rings is 1. The van der Waals surface area contributed by atoms with E-state index in [1.54, 1.807) is 17.6 Å². The number of nitrogens with zero attached hydrogens (tertiary/aromatic N) is 3. The minimum atomic E-state index is -0.528. The molecule has 0 fully saturated rings. The Kier molecular flexibility index (Phi) is 3.96. The maximum Gasteiger partial charge on any atom is 0.284 e. The van der Waals surface area contributed by atoms with Crippen LogP contribution in [0.2, 0.25) is 0 Å². The Morgan fingerprint density at radius 3 is 2.96 bits per heavy atom. The lowest BCUT2D eigenvalue weighted by Gasteiger charge is -1.99. The number of fused-ring (bicyclic) bond motifs is 1. The molecule has 0 aromatic carbocycles. The molecule has 0 aliphatic rings. The second kappa shape index (κ2) is 6.28. The third kappa shape index (κ3) is 2.88. The molecule has 4 rings (SSSR count). The number of carbonyl (C=O) groups excluding carboxylic acids is 1. The topological polar surface area (TPSA) is 91.5 Å². The summed E-state index contributed by atoms with van der Waals surface area (Å²) in [6, 6.07) is 9.27. The summed E-state index contributed by atoms with van der Waals surface area (Å²) in [7, 11) is 0. The van der Waals surface area contributed by atoms with E-state index in [0.717, 1.165) is 32.0 Å². The number of anilines is 2. The molecule has 9 heteroatoms. The van der Waals surface area contributed by atoms with E-state index < -0.39 is 5.91 Å². The van der Waals surface area contributed by atoms with Crippen molar-refractivity contribution in [1.29, 1.82) is 0 Å². The van der Waals surface area contributed by atoms with Crippen molar-refractivity contribution in [1.82, 2.24) is 19.8 Å². The van der Waals surface area contributed by atoms with E-state index in [4.69, 9.17) is 5.21 Å². The molecule has 0 saturated carbocycles. The van der Waals surface area contributed by atoms with E-state index in [1.807, 2.05) is 41.9 Å². The number of rotatable bonds is 4. The number of amides is 1. The van der Waals surface area contributed by atoms with Gasteiger partial charge in [0.15, 0.2) is 5.13 Å². The van der Waals surface area contributed by atoms with Gasteiger partial charge in [-0.05, 0) is 31.2 Å². The van der Waals surface area contributed by atoms with Crippen LogP contribution in [0.1, 0.15) is 14.5 Å². The molecule has 0 atom stereocenters. The van der Waals surface area contributed by atoms with Gasteiger partial charge >= 0.3 is 0 Å². The normalized spacial score (nSPS) is 11.0. The molecule has 4 heterocycles. The van der Waals surface area contributed by atoms with Gasteiger partial charge in [0.05, 0.1) is 21.8 Å². The van der Waals surface area contributed by atoms with Crippen LogP contribution in [-0.2, 0) is 0 Å². The molecule has 0 spiro atoms. The molecule has 1 amide bonds. The van der Waals surface area contributed by atoms with Crippen molar-refractivity contribution in [3.63, 3.8) is 0 Å². The van der Waals surface area contributed by atoms with Crippen LogP contribution < -0.4 is 10.8 Å². The minimum absolute atomic E-state index is 0.417. The number of thiazole rings is 1. The summed E-state index contributed by atoms with van der Waals surface area (Å²) in [4.78, 5) is 22.0. The Labute approximate surface area is 150 Å². The molecule has 4 aromatic rings. The predicted octanol–water partition coefficient (Wildman–Crippen LogP) is 3.69. The van der Waals surface area contributed by atoms with Crippen molar-refractivity contribution in [2.24, 2.45) is 0 Å². The summed E-state index contributed by atoms with van der Waals surface area (Å²) in [6.07, 6.45) is 3.78. The van der Waals surface area contributed by atoms with E-state index in [0.29, 0.717) is 4.88 Å². The monoisotopic (exact) mass is 371 g/mol. The molecule has 0 aliphatic heterocycles. The van der Waals surface area contributed by atoms with Crippen LogP contribution in [0.4, 0.5) is 10.1 Å².